The van der Waals surface area contributed by atoms with Gasteiger partial charge in [0, 0.05) is 38.9 Å². The molecule has 0 atom stereocenters. The normalized spacial score (nSPS) is 11.8. The molecule has 1 aromatic rings. The number of carbonyl (C=O) groups excluding carboxylic acids is 1. The predicted octanol–water partition coefficient (Wildman–Crippen LogP) is 2.23. The van der Waals surface area contributed by atoms with Crippen LogP contribution in [0.5, 0.6) is 0 Å². The third kappa shape index (κ3) is 7.33. The second-order valence-corrected chi connectivity index (χ2v) is 6.85. The van der Waals surface area contributed by atoms with E-state index in [1.165, 1.54) is 5.69 Å². The van der Waals surface area contributed by atoms with Crippen molar-refractivity contribution in [1.82, 2.24) is 16.0 Å². The van der Waals surface area contributed by atoms with Gasteiger partial charge in [0.1, 0.15) is 0 Å². The summed E-state index contributed by atoms with van der Waals surface area (Å²) < 4.78 is 0. The molecule has 6 heteroatoms. The van der Waals surface area contributed by atoms with Crippen molar-refractivity contribution in [1.29, 1.82) is 0 Å². The Bertz CT molecular complexity index is 557. The molecule has 0 aliphatic heterocycles. The summed E-state index contributed by atoms with van der Waals surface area (Å²) in [6.07, 6.45) is 1.01. The lowest BCUT2D eigenvalue weighted by molar-refractivity contribution is -0.128. The zero-order chi connectivity index (χ0) is 19.4. The summed E-state index contributed by atoms with van der Waals surface area (Å²) in [5.74, 6) is 0.755. The first kappa shape index (κ1) is 21.8. The van der Waals surface area contributed by atoms with Crippen LogP contribution < -0.4 is 20.9 Å². The van der Waals surface area contributed by atoms with Crippen LogP contribution in [-0.4, -0.2) is 51.6 Å². The average Bonchev–Trinajstić information content (AvgIpc) is 2.66. The van der Waals surface area contributed by atoms with E-state index in [4.69, 9.17) is 0 Å². The van der Waals surface area contributed by atoms with Crippen LogP contribution >= 0.6 is 0 Å². The van der Waals surface area contributed by atoms with Crippen molar-refractivity contribution in [2.75, 3.05) is 44.7 Å². The minimum Gasteiger partial charge on any atom is -0.372 e. The minimum absolute atomic E-state index is 0.00135. The van der Waals surface area contributed by atoms with E-state index in [-0.39, 0.29) is 5.91 Å². The summed E-state index contributed by atoms with van der Waals surface area (Å²) in [7, 11) is 1.66. The SMILES string of the molecule is CCNC(=NCC(C)(C)C(=O)NC)NCCCN(CC)c1ccccc1. The van der Waals surface area contributed by atoms with Crippen molar-refractivity contribution in [2.45, 2.75) is 34.1 Å². The van der Waals surface area contributed by atoms with Gasteiger partial charge in [-0.05, 0) is 46.2 Å². The second kappa shape index (κ2) is 11.4. The van der Waals surface area contributed by atoms with Gasteiger partial charge >= 0.3 is 0 Å². The van der Waals surface area contributed by atoms with Crippen LogP contribution in [0.15, 0.2) is 35.3 Å². The highest BCUT2D eigenvalue weighted by molar-refractivity contribution is 5.83. The van der Waals surface area contributed by atoms with E-state index in [1.807, 2.05) is 26.8 Å². The summed E-state index contributed by atoms with van der Waals surface area (Å²) in [4.78, 5) is 18.8. The van der Waals surface area contributed by atoms with E-state index < -0.39 is 5.41 Å². The number of rotatable bonds is 10. The summed E-state index contributed by atoms with van der Waals surface area (Å²) >= 11 is 0. The smallest absolute Gasteiger partial charge is 0.227 e. The van der Waals surface area contributed by atoms with Gasteiger partial charge in [-0.2, -0.15) is 0 Å². The average molecular weight is 362 g/mol. The lowest BCUT2D eigenvalue weighted by Crippen LogP contribution is -2.41. The van der Waals surface area contributed by atoms with E-state index in [0.717, 1.165) is 38.6 Å². The number of amides is 1. The van der Waals surface area contributed by atoms with E-state index in [0.29, 0.717) is 6.54 Å². The van der Waals surface area contributed by atoms with Crippen molar-refractivity contribution < 1.29 is 4.79 Å². The second-order valence-electron chi connectivity index (χ2n) is 6.85. The standard InChI is InChI=1S/C20H35N5O/c1-6-22-19(24-16-20(3,4)18(26)21-5)23-14-11-15-25(7-2)17-12-9-8-10-13-17/h8-10,12-13H,6-7,11,14-16H2,1-5H3,(H,21,26)(H2,22,23,24). The van der Waals surface area contributed by atoms with Gasteiger partial charge in [0.15, 0.2) is 5.96 Å². The largest absolute Gasteiger partial charge is 0.372 e. The van der Waals surface area contributed by atoms with Gasteiger partial charge in [-0.25, -0.2) is 0 Å². The van der Waals surface area contributed by atoms with Crippen LogP contribution in [0.4, 0.5) is 5.69 Å². The molecule has 0 fully saturated rings. The Hall–Kier alpha value is -2.24. The lowest BCUT2D eigenvalue weighted by atomic mass is 9.93. The Morgan fingerprint density at radius 1 is 1.15 bits per heavy atom. The molecule has 0 aliphatic rings. The third-order valence-corrected chi connectivity index (χ3v) is 4.22. The molecule has 0 heterocycles. The third-order valence-electron chi connectivity index (χ3n) is 4.22. The molecular weight excluding hydrogens is 326 g/mol. The Balaban J connectivity index is 2.50. The molecule has 3 N–H and O–H groups in total. The number of benzene rings is 1. The number of nitrogens with one attached hydrogen (secondary N) is 3. The lowest BCUT2D eigenvalue weighted by Gasteiger charge is -2.23. The zero-order valence-corrected chi connectivity index (χ0v) is 16.9. The fourth-order valence-electron chi connectivity index (χ4n) is 2.61. The topological polar surface area (TPSA) is 68.8 Å². The Labute approximate surface area is 158 Å². The first-order valence-electron chi connectivity index (χ1n) is 9.49. The first-order valence-corrected chi connectivity index (χ1v) is 9.49. The van der Waals surface area contributed by atoms with Crippen LogP contribution in [0.25, 0.3) is 0 Å². The number of carbonyl (C=O) groups is 1. The van der Waals surface area contributed by atoms with E-state index in [9.17, 15) is 4.79 Å². The summed E-state index contributed by atoms with van der Waals surface area (Å²) in [6.45, 7) is 12.0. The van der Waals surface area contributed by atoms with Gasteiger partial charge in [0.2, 0.25) is 5.91 Å². The number of anilines is 1. The first-order chi connectivity index (χ1) is 12.4. The highest BCUT2D eigenvalue weighted by Gasteiger charge is 2.26. The van der Waals surface area contributed by atoms with E-state index in [1.54, 1.807) is 7.05 Å². The molecule has 0 spiro atoms. The van der Waals surface area contributed by atoms with Gasteiger partial charge in [0.05, 0.1) is 12.0 Å². The Morgan fingerprint density at radius 2 is 1.85 bits per heavy atom. The van der Waals surface area contributed by atoms with Gasteiger partial charge in [-0.15, -0.1) is 0 Å². The summed E-state index contributed by atoms with van der Waals surface area (Å²) in [5.41, 5.74) is 0.728. The van der Waals surface area contributed by atoms with Crippen molar-refractivity contribution in [3.8, 4) is 0 Å². The summed E-state index contributed by atoms with van der Waals surface area (Å²) in [6, 6.07) is 10.5. The monoisotopic (exact) mass is 361 g/mol. The predicted molar refractivity (Wildman–Crippen MR) is 111 cm³/mol. The molecule has 0 aromatic heterocycles. The van der Waals surface area contributed by atoms with Crippen LogP contribution in [0.2, 0.25) is 0 Å². The number of hydrogen-bond donors (Lipinski definition) is 3. The fraction of sp³-hybridized carbons (Fsp3) is 0.600. The Morgan fingerprint density at radius 3 is 2.42 bits per heavy atom. The summed E-state index contributed by atoms with van der Waals surface area (Å²) in [5, 5.41) is 9.29. The molecule has 1 aromatic carbocycles. The molecule has 26 heavy (non-hydrogen) atoms. The van der Waals surface area contributed by atoms with Crippen molar-refractivity contribution in [3.05, 3.63) is 30.3 Å². The number of aliphatic imine (C=N–C) groups is 1. The van der Waals surface area contributed by atoms with E-state index in [2.05, 4.69) is 57.0 Å². The molecule has 0 saturated carbocycles. The van der Waals surface area contributed by atoms with Gasteiger partial charge in [-0.3, -0.25) is 9.79 Å². The highest BCUT2D eigenvalue weighted by atomic mass is 16.2. The molecule has 0 bridgehead atoms. The van der Waals surface area contributed by atoms with Crippen LogP contribution in [0.3, 0.4) is 0 Å². The van der Waals surface area contributed by atoms with Crippen molar-refractivity contribution in [2.24, 2.45) is 10.4 Å². The quantitative estimate of drug-likeness (QED) is 0.340. The number of guanidine groups is 1. The molecular formula is C20H35N5O. The van der Waals surface area contributed by atoms with Crippen molar-refractivity contribution >= 4 is 17.6 Å². The van der Waals surface area contributed by atoms with Crippen LogP contribution in [0.1, 0.15) is 34.1 Å². The number of hydrogen-bond acceptors (Lipinski definition) is 3. The van der Waals surface area contributed by atoms with E-state index >= 15 is 0 Å². The molecule has 0 aliphatic carbocycles. The maximum atomic E-state index is 11.9. The molecule has 0 radical (unpaired) electrons. The minimum atomic E-state index is -0.524. The molecule has 146 valence electrons. The molecule has 0 unspecified atom stereocenters. The number of nitrogens with zero attached hydrogens (tertiary/aromatic N) is 2. The van der Waals surface area contributed by atoms with Gasteiger partial charge in [-0.1, -0.05) is 18.2 Å². The van der Waals surface area contributed by atoms with Gasteiger partial charge < -0.3 is 20.9 Å². The molecule has 1 rings (SSSR count). The maximum absolute atomic E-state index is 11.9. The molecule has 1 amide bonds. The number of para-hydroxylation sites is 1. The highest BCUT2D eigenvalue weighted by Crippen LogP contribution is 2.15. The van der Waals surface area contributed by atoms with Crippen molar-refractivity contribution in [3.63, 3.8) is 0 Å². The van der Waals surface area contributed by atoms with Crippen LogP contribution in [0, 0.1) is 5.41 Å². The fourth-order valence-corrected chi connectivity index (χ4v) is 2.61. The molecule has 6 nitrogen and oxygen atoms in total. The zero-order valence-electron chi connectivity index (χ0n) is 16.9. The van der Waals surface area contributed by atoms with Crippen LogP contribution in [-0.2, 0) is 4.79 Å². The van der Waals surface area contributed by atoms with Gasteiger partial charge in [0.25, 0.3) is 0 Å². The maximum Gasteiger partial charge on any atom is 0.227 e. The molecule has 0 saturated heterocycles. The Kier molecular flexibility index (Phi) is 9.55.